The Morgan fingerprint density at radius 1 is 1.53 bits per heavy atom. The highest BCUT2D eigenvalue weighted by molar-refractivity contribution is 9.10. The molecule has 0 aromatic rings. The molecule has 1 fully saturated rings. The molecule has 8 heteroatoms. The summed E-state index contributed by atoms with van der Waals surface area (Å²) in [6, 6.07) is -0.787. The Bertz CT molecular complexity index is 380. The maximum atomic E-state index is 11.6. The average Bonchev–Trinajstić information content (AvgIpc) is 2.16. The van der Waals surface area contributed by atoms with Crippen molar-refractivity contribution in [2.45, 2.75) is 19.4 Å². The lowest BCUT2D eigenvalue weighted by atomic mass is 10.2. The van der Waals surface area contributed by atoms with Crippen LogP contribution in [0.4, 0.5) is 0 Å². The molecule has 1 atom stereocenters. The predicted molar refractivity (Wildman–Crippen MR) is 56.6 cm³/mol. The molecular weight excluding hydrogens is 288 g/mol. The van der Waals surface area contributed by atoms with Gasteiger partial charge in [-0.3, -0.25) is 14.9 Å². The fourth-order valence-corrected chi connectivity index (χ4v) is 3.25. The summed E-state index contributed by atoms with van der Waals surface area (Å²) in [5, 5.41) is 2.11. The zero-order valence-electron chi connectivity index (χ0n) is 8.07. The van der Waals surface area contributed by atoms with E-state index in [1.54, 1.807) is 6.92 Å². The van der Waals surface area contributed by atoms with Crippen molar-refractivity contribution in [1.82, 2.24) is 9.62 Å². The second-order valence-electron chi connectivity index (χ2n) is 3.10. The molecule has 1 saturated heterocycles. The number of amides is 2. The Hall–Kier alpha value is -0.470. The summed E-state index contributed by atoms with van der Waals surface area (Å²) in [5.41, 5.74) is 0. The van der Waals surface area contributed by atoms with Gasteiger partial charge in [0.1, 0.15) is 10.7 Å². The molecule has 0 aromatic heterocycles. The zero-order chi connectivity index (χ0) is 11.6. The zero-order valence-corrected chi connectivity index (χ0v) is 10.5. The topological polar surface area (TPSA) is 83.6 Å². The first kappa shape index (κ1) is 12.6. The number of carbonyl (C=O) groups excluding carboxylic acids is 2. The quantitative estimate of drug-likeness (QED) is 0.557. The summed E-state index contributed by atoms with van der Waals surface area (Å²) in [7, 11) is -3.58. The summed E-state index contributed by atoms with van der Waals surface area (Å²) in [5.74, 6) is -1.15. The molecule has 1 heterocycles. The first-order chi connectivity index (χ1) is 6.92. The lowest BCUT2D eigenvalue weighted by Crippen LogP contribution is -2.59. The molecule has 0 aromatic carbocycles. The van der Waals surface area contributed by atoms with Crippen LogP contribution in [0.1, 0.15) is 13.3 Å². The van der Waals surface area contributed by atoms with E-state index in [4.69, 9.17) is 0 Å². The molecule has 0 radical (unpaired) electrons. The van der Waals surface area contributed by atoms with Crippen molar-refractivity contribution in [3.05, 3.63) is 0 Å². The van der Waals surface area contributed by atoms with Gasteiger partial charge in [-0.2, -0.15) is 4.31 Å². The number of hydrogen-bond donors (Lipinski definition) is 1. The van der Waals surface area contributed by atoms with Crippen molar-refractivity contribution in [3.8, 4) is 0 Å². The van der Waals surface area contributed by atoms with Gasteiger partial charge in [-0.05, 0) is 6.42 Å². The van der Waals surface area contributed by atoms with Crippen LogP contribution >= 0.6 is 15.9 Å². The average molecular weight is 299 g/mol. The van der Waals surface area contributed by atoms with E-state index < -0.39 is 27.9 Å². The highest BCUT2D eigenvalue weighted by Gasteiger charge is 2.39. The highest BCUT2D eigenvalue weighted by Crippen LogP contribution is 2.15. The number of imide groups is 1. The minimum absolute atomic E-state index is 0.293. The Morgan fingerprint density at radius 3 is 2.60 bits per heavy atom. The van der Waals surface area contributed by atoms with Gasteiger partial charge in [0.15, 0.2) is 0 Å². The number of halogens is 1. The number of nitrogens with zero attached hydrogens (tertiary/aromatic N) is 1. The molecule has 0 aliphatic carbocycles. The van der Waals surface area contributed by atoms with Crippen LogP contribution in [-0.2, 0) is 19.6 Å². The number of nitrogens with one attached hydrogen (secondary N) is 1. The van der Waals surface area contributed by atoms with E-state index in [-0.39, 0.29) is 11.2 Å². The molecule has 2 amide bonds. The van der Waals surface area contributed by atoms with Crippen molar-refractivity contribution >= 4 is 37.8 Å². The Morgan fingerprint density at radius 2 is 2.13 bits per heavy atom. The van der Waals surface area contributed by atoms with Gasteiger partial charge in [0, 0.05) is 0 Å². The second-order valence-corrected chi connectivity index (χ2v) is 6.33. The normalized spacial score (nSPS) is 24.0. The summed E-state index contributed by atoms with van der Waals surface area (Å²) < 4.78 is 23.8. The van der Waals surface area contributed by atoms with Crippen LogP contribution in [-0.4, -0.2) is 41.8 Å². The molecule has 1 aliphatic rings. The van der Waals surface area contributed by atoms with E-state index in [0.717, 1.165) is 4.31 Å². The largest absolute Gasteiger partial charge is 0.294 e. The number of alkyl halides is 1. The van der Waals surface area contributed by atoms with Gasteiger partial charge in [0.2, 0.25) is 21.8 Å². The molecule has 15 heavy (non-hydrogen) atoms. The van der Waals surface area contributed by atoms with Gasteiger partial charge in [0.25, 0.3) is 0 Å². The van der Waals surface area contributed by atoms with E-state index in [1.807, 2.05) is 0 Å². The smallest absolute Gasteiger partial charge is 0.245 e. The van der Waals surface area contributed by atoms with Crippen LogP contribution in [0.25, 0.3) is 0 Å². The molecule has 0 spiro atoms. The minimum Gasteiger partial charge on any atom is -0.294 e. The van der Waals surface area contributed by atoms with E-state index in [0.29, 0.717) is 6.42 Å². The molecule has 6 nitrogen and oxygen atoms in total. The van der Waals surface area contributed by atoms with E-state index >= 15 is 0 Å². The number of rotatable bonds is 3. The van der Waals surface area contributed by atoms with Crippen LogP contribution in [0, 0.1) is 0 Å². The second kappa shape index (κ2) is 4.58. The molecule has 1 N–H and O–H groups in total. The van der Waals surface area contributed by atoms with Crippen molar-refractivity contribution in [2.75, 3.05) is 11.2 Å². The number of carbonyl (C=O) groups is 2. The molecule has 0 bridgehead atoms. The predicted octanol–water partition coefficient (Wildman–Crippen LogP) is -0.594. The van der Waals surface area contributed by atoms with Gasteiger partial charge in [-0.25, -0.2) is 8.42 Å². The van der Waals surface area contributed by atoms with Gasteiger partial charge in [-0.1, -0.05) is 22.9 Å². The molecule has 1 aliphatic heterocycles. The number of sulfonamides is 1. The van der Waals surface area contributed by atoms with Gasteiger partial charge in [0.05, 0.1) is 6.54 Å². The van der Waals surface area contributed by atoms with Gasteiger partial charge < -0.3 is 0 Å². The maximum Gasteiger partial charge on any atom is 0.245 e. The van der Waals surface area contributed by atoms with E-state index in [1.165, 1.54) is 0 Å². The van der Waals surface area contributed by atoms with Crippen molar-refractivity contribution in [2.24, 2.45) is 0 Å². The third-order valence-corrected chi connectivity index (χ3v) is 5.20. The summed E-state index contributed by atoms with van der Waals surface area (Å²) >= 11 is 2.83. The minimum atomic E-state index is -3.58. The molecule has 86 valence electrons. The Labute approximate surface area is 96.2 Å². The highest BCUT2D eigenvalue weighted by atomic mass is 79.9. The van der Waals surface area contributed by atoms with Crippen molar-refractivity contribution < 1.29 is 18.0 Å². The fraction of sp³-hybridized carbons (Fsp3) is 0.714. The number of piperazine rings is 1. The third kappa shape index (κ3) is 2.56. The molecular formula is C7H11BrN2O4S. The molecule has 0 saturated carbocycles. The Balaban J connectivity index is 3.03. The number of hydrogen-bond acceptors (Lipinski definition) is 4. The molecule has 1 rings (SSSR count). The van der Waals surface area contributed by atoms with Crippen LogP contribution in [0.5, 0.6) is 0 Å². The van der Waals surface area contributed by atoms with Crippen LogP contribution < -0.4 is 5.32 Å². The summed E-state index contributed by atoms with van der Waals surface area (Å²) in [6.45, 7) is 1.40. The van der Waals surface area contributed by atoms with E-state index in [9.17, 15) is 18.0 Å². The first-order valence-corrected chi connectivity index (χ1v) is 7.04. The third-order valence-electron chi connectivity index (χ3n) is 2.09. The van der Waals surface area contributed by atoms with Crippen molar-refractivity contribution in [3.63, 3.8) is 0 Å². The molecule has 1 unspecified atom stereocenters. The maximum absolute atomic E-state index is 11.6. The Kier molecular flexibility index (Phi) is 3.85. The van der Waals surface area contributed by atoms with Crippen LogP contribution in [0.2, 0.25) is 0 Å². The van der Waals surface area contributed by atoms with Gasteiger partial charge >= 0.3 is 0 Å². The monoisotopic (exact) mass is 298 g/mol. The SMILES string of the molecule is CCC1C(=O)NC(=O)CN1S(=O)(=O)CBr. The summed E-state index contributed by atoms with van der Waals surface area (Å²) in [4.78, 5) is 22.4. The van der Waals surface area contributed by atoms with E-state index in [2.05, 4.69) is 21.2 Å². The van der Waals surface area contributed by atoms with Crippen LogP contribution in [0.15, 0.2) is 0 Å². The van der Waals surface area contributed by atoms with Gasteiger partial charge in [-0.15, -0.1) is 0 Å². The standard InChI is InChI=1S/C7H11BrN2O4S/c1-2-5-7(12)9-6(11)3-10(5)15(13,14)4-8/h5H,2-4H2,1H3,(H,9,11,12). The fourth-order valence-electron chi connectivity index (χ4n) is 1.39. The lowest BCUT2D eigenvalue weighted by Gasteiger charge is -2.31. The lowest BCUT2D eigenvalue weighted by molar-refractivity contribution is -0.137. The summed E-state index contributed by atoms with van der Waals surface area (Å²) in [6.07, 6.45) is 0.339. The first-order valence-electron chi connectivity index (χ1n) is 4.31. The van der Waals surface area contributed by atoms with Crippen LogP contribution in [0.3, 0.4) is 0 Å². The van der Waals surface area contributed by atoms with Crippen molar-refractivity contribution in [1.29, 1.82) is 0 Å².